The van der Waals surface area contributed by atoms with E-state index in [1.165, 1.54) is 0 Å². The predicted molar refractivity (Wildman–Crippen MR) is 129 cm³/mol. The quantitative estimate of drug-likeness (QED) is 0.201. The van der Waals surface area contributed by atoms with E-state index in [0.29, 0.717) is 31.3 Å². The van der Waals surface area contributed by atoms with Gasteiger partial charge in [0.15, 0.2) is 5.96 Å². The van der Waals surface area contributed by atoms with Crippen LogP contribution in [0.3, 0.4) is 0 Å². The molecule has 29 heavy (non-hydrogen) atoms. The summed E-state index contributed by atoms with van der Waals surface area (Å²) in [6.07, 6.45) is 2.83. The second kappa shape index (κ2) is 12.3. The molecule has 2 rings (SSSR count). The molecular formula is C20H27IN4O3S. The minimum absolute atomic E-state index is 0. The highest BCUT2D eigenvalue weighted by Gasteiger charge is 2.08. The van der Waals surface area contributed by atoms with Crippen LogP contribution in [-0.4, -0.2) is 34.3 Å². The van der Waals surface area contributed by atoms with Crippen molar-refractivity contribution in [1.82, 2.24) is 10.6 Å². The van der Waals surface area contributed by atoms with Gasteiger partial charge >= 0.3 is 0 Å². The molecule has 0 radical (unpaired) electrons. The molecule has 0 aliphatic carbocycles. The fraction of sp³-hybridized carbons (Fsp3) is 0.250. The Morgan fingerprint density at radius 2 is 1.66 bits per heavy atom. The summed E-state index contributed by atoms with van der Waals surface area (Å²) in [6.45, 7) is 5.04. The van der Waals surface area contributed by atoms with Gasteiger partial charge < -0.3 is 15.4 Å². The summed E-state index contributed by atoms with van der Waals surface area (Å²) in [5.41, 5.74) is 2.34. The minimum Gasteiger partial charge on any atom is -0.489 e. The van der Waals surface area contributed by atoms with E-state index in [1.54, 1.807) is 25.3 Å². The van der Waals surface area contributed by atoms with Gasteiger partial charge in [-0.2, -0.15) is 0 Å². The summed E-state index contributed by atoms with van der Waals surface area (Å²) in [7, 11) is -1.67. The third-order valence-electron chi connectivity index (χ3n) is 3.76. The molecule has 0 fully saturated rings. The lowest BCUT2D eigenvalue weighted by Gasteiger charge is -2.16. The number of nitrogens with one attached hydrogen (secondary N) is 3. The zero-order valence-corrected chi connectivity index (χ0v) is 19.7. The number of rotatable bonds is 9. The van der Waals surface area contributed by atoms with Crippen LogP contribution in [0.25, 0.3) is 0 Å². The SMILES string of the molecule is C=CCOc1ccccc1CNC(=NC)NCc1ccccc1NS(C)(=O)=O.I. The number of hydrogen-bond acceptors (Lipinski definition) is 4. The molecule has 0 aromatic heterocycles. The summed E-state index contributed by atoms with van der Waals surface area (Å²) >= 11 is 0. The Bertz CT molecular complexity index is 933. The van der Waals surface area contributed by atoms with Gasteiger partial charge in [0.25, 0.3) is 0 Å². The van der Waals surface area contributed by atoms with Crippen LogP contribution >= 0.6 is 24.0 Å². The Morgan fingerprint density at radius 1 is 1.07 bits per heavy atom. The van der Waals surface area contributed by atoms with E-state index in [1.807, 2.05) is 36.4 Å². The van der Waals surface area contributed by atoms with Crippen molar-refractivity contribution in [3.8, 4) is 5.75 Å². The standard InChI is InChI=1S/C20H26N4O3S.HI/c1-4-13-27-19-12-8-6-10-17(19)15-23-20(21-2)22-14-16-9-5-7-11-18(16)24-28(3,25)26;/h4-12,24H,1,13-15H2,2-3H3,(H2,21,22,23);1H. The van der Waals surface area contributed by atoms with Crippen LogP contribution in [0.5, 0.6) is 5.75 Å². The lowest BCUT2D eigenvalue weighted by atomic mass is 10.2. The highest BCUT2D eigenvalue weighted by atomic mass is 127. The van der Waals surface area contributed by atoms with Crippen molar-refractivity contribution in [1.29, 1.82) is 0 Å². The summed E-state index contributed by atoms with van der Waals surface area (Å²) in [4.78, 5) is 4.21. The first-order valence-electron chi connectivity index (χ1n) is 8.74. The molecule has 0 saturated heterocycles. The van der Waals surface area contributed by atoms with Crippen molar-refractivity contribution < 1.29 is 13.2 Å². The molecule has 9 heteroatoms. The number of hydrogen-bond donors (Lipinski definition) is 3. The van der Waals surface area contributed by atoms with Crippen molar-refractivity contribution >= 4 is 45.6 Å². The van der Waals surface area contributed by atoms with Crippen LogP contribution < -0.4 is 20.1 Å². The lowest BCUT2D eigenvalue weighted by molar-refractivity contribution is 0.358. The van der Waals surface area contributed by atoms with Crippen molar-refractivity contribution in [3.63, 3.8) is 0 Å². The number of nitrogens with zero attached hydrogens (tertiary/aromatic N) is 1. The van der Waals surface area contributed by atoms with Gasteiger partial charge in [0, 0.05) is 25.7 Å². The van der Waals surface area contributed by atoms with Gasteiger partial charge in [-0.25, -0.2) is 8.42 Å². The first-order valence-corrected chi connectivity index (χ1v) is 10.6. The van der Waals surface area contributed by atoms with Gasteiger partial charge in [-0.05, 0) is 17.7 Å². The number of para-hydroxylation sites is 2. The zero-order chi connectivity index (χ0) is 20.4. The molecule has 0 bridgehead atoms. The topological polar surface area (TPSA) is 91.8 Å². The first kappa shape index (κ1) is 24.8. The largest absolute Gasteiger partial charge is 0.489 e. The summed E-state index contributed by atoms with van der Waals surface area (Å²) in [5.74, 6) is 1.38. The summed E-state index contributed by atoms with van der Waals surface area (Å²) < 4.78 is 31.2. The molecule has 0 spiro atoms. The first-order chi connectivity index (χ1) is 13.4. The highest BCUT2D eigenvalue weighted by Crippen LogP contribution is 2.18. The molecule has 7 nitrogen and oxygen atoms in total. The van der Waals surface area contributed by atoms with Crippen molar-refractivity contribution in [3.05, 3.63) is 72.3 Å². The molecule has 0 saturated carbocycles. The third kappa shape index (κ3) is 8.73. The van der Waals surface area contributed by atoms with Crippen LogP contribution in [0, 0.1) is 0 Å². The molecule has 158 valence electrons. The molecular weight excluding hydrogens is 503 g/mol. The molecule has 0 unspecified atom stereocenters. The van der Waals surface area contributed by atoms with E-state index in [2.05, 4.69) is 26.9 Å². The average Bonchev–Trinajstić information content (AvgIpc) is 2.67. The second-order valence-corrected chi connectivity index (χ2v) is 7.77. The maximum Gasteiger partial charge on any atom is 0.229 e. The number of halogens is 1. The van der Waals surface area contributed by atoms with Gasteiger partial charge in [0.1, 0.15) is 12.4 Å². The number of benzene rings is 2. The number of anilines is 1. The maximum absolute atomic E-state index is 11.5. The molecule has 0 atom stereocenters. The van der Waals surface area contributed by atoms with Gasteiger partial charge in [-0.3, -0.25) is 9.71 Å². The molecule has 2 aromatic carbocycles. The van der Waals surface area contributed by atoms with Crippen molar-refractivity contribution in [2.45, 2.75) is 13.1 Å². The number of guanidine groups is 1. The van der Waals surface area contributed by atoms with E-state index in [-0.39, 0.29) is 24.0 Å². The van der Waals surface area contributed by atoms with Crippen LogP contribution in [0.2, 0.25) is 0 Å². The highest BCUT2D eigenvalue weighted by molar-refractivity contribution is 14.0. The fourth-order valence-corrected chi connectivity index (χ4v) is 3.09. The van der Waals surface area contributed by atoms with Crippen LogP contribution in [0.15, 0.2) is 66.2 Å². The van der Waals surface area contributed by atoms with E-state index >= 15 is 0 Å². The lowest BCUT2D eigenvalue weighted by Crippen LogP contribution is -2.36. The third-order valence-corrected chi connectivity index (χ3v) is 4.35. The van der Waals surface area contributed by atoms with Crippen LogP contribution in [0.4, 0.5) is 5.69 Å². The maximum atomic E-state index is 11.5. The molecule has 0 aliphatic rings. The van der Waals surface area contributed by atoms with Crippen molar-refractivity contribution in [2.24, 2.45) is 4.99 Å². The molecule has 3 N–H and O–H groups in total. The number of ether oxygens (including phenoxy) is 1. The molecule has 0 aliphatic heterocycles. The Labute approximate surface area is 189 Å². The van der Waals surface area contributed by atoms with E-state index in [9.17, 15) is 8.42 Å². The van der Waals surface area contributed by atoms with Gasteiger partial charge in [-0.1, -0.05) is 49.1 Å². The summed E-state index contributed by atoms with van der Waals surface area (Å²) in [6, 6.07) is 15.0. The number of aliphatic imine (C=N–C) groups is 1. The Hall–Kier alpha value is -2.27. The molecule has 2 aromatic rings. The van der Waals surface area contributed by atoms with E-state index < -0.39 is 10.0 Å². The predicted octanol–water partition coefficient (Wildman–Crippen LogP) is 3.11. The van der Waals surface area contributed by atoms with Crippen LogP contribution in [-0.2, 0) is 23.1 Å². The zero-order valence-electron chi connectivity index (χ0n) is 16.5. The molecule has 0 heterocycles. The fourth-order valence-electron chi connectivity index (χ4n) is 2.49. The monoisotopic (exact) mass is 530 g/mol. The Balaban J connectivity index is 0.00000420. The second-order valence-electron chi connectivity index (χ2n) is 6.02. The molecule has 0 amide bonds. The van der Waals surface area contributed by atoms with Crippen LogP contribution in [0.1, 0.15) is 11.1 Å². The van der Waals surface area contributed by atoms with E-state index in [0.717, 1.165) is 23.1 Å². The average molecular weight is 530 g/mol. The minimum atomic E-state index is -3.35. The Kier molecular flexibility index (Phi) is 10.5. The van der Waals surface area contributed by atoms with Gasteiger partial charge in [-0.15, -0.1) is 24.0 Å². The smallest absolute Gasteiger partial charge is 0.229 e. The normalized spacial score (nSPS) is 11.2. The van der Waals surface area contributed by atoms with Crippen molar-refractivity contribution in [2.75, 3.05) is 24.6 Å². The Morgan fingerprint density at radius 3 is 2.28 bits per heavy atom. The van der Waals surface area contributed by atoms with Gasteiger partial charge in [0.05, 0.1) is 11.9 Å². The van der Waals surface area contributed by atoms with E-state index in [4.69, 9.17) is 4.74 Å². The summed E-state index contributed by atoms with van der Waals surface area (Å²) in [5, 5.41) is 6.43. The van der Waals surface area contributed by atoms with Gasteiger partial charge in [0.2, 0.25) is 10.0 Å². The number of sulfonamides is 1.